The molecule has 0 aliphatic rings. The Morgan fingerprint density at radius 2 is 2.00 bits per heavy atom. The lowest BCUT2D eigenvalue weighted by Crippen LogP contribution is -2.26. The highest BCUT2D eigenvalue weighted by Crippen LogP contribution is 2.29. The average Bonchev–Trinajstić information content (AvgIpc) is 2.86. The fourth-order valence-corrected chi connectivity index (χ4v) is 1.86. The molecule has 0 saturated heterocycles. The number of nitrogens with two attached hydrogens (primary N) is 1. The molecule has 0 radical (unpaired) electrons. The van der Waals surface area contributed by atoms with Crippen molar-refractivity contribution < 1.29 is 9.26 Å². The summed E-state index contributed by atoms with van der Waals surface area (Å²) in [5, 5.41) is 4.00. The van der Waals surface area contributed by atoms with Gasteiger partial charge in [-0.2, -0.15) is 4.98 Å². The van der Waals surface area contributed by atoms with Crippen molar-refractivity contribution in [2.45, 2.75) is 33.2 Å². The summed E-state index contributed by atoms with van der Waals surface area (Å²) in [6, 6.07) is 7.51. The van der Waals surface area contributed by atoms with Crippen LogP contribution in [0.5, 0.6) is 5.75 Å². The van der Waals surface area contributed by atoms with Crippen molar-refractivity contribution in [3.63, 3.8) is 0 Å². The predicted molar refractivity (Wildman–Crippen MR) is 76.5 cm³/mol. The second-order valence-corrected chi connectivity index (χ2v) is 5.88. The van der Waals surface area contributed by atoms with E-state index in [9.17, 15) is 0 Å². The van der Waals surface area contributed by atoms with E-state index in [1.807, 2.05) is 45.0 Å². The van der Waals surface area contributed by atoms with Gasteiger partial charge in [-0.15, -0.1) is 0 Å². The Balaban J connectivity index is 2.18. The van der Waals surface area contributed by atoms with E-state index in [1.54, 1.807) is 7.11 Å². The molecule has 1 atom stereocenters. The van der Waals surface area contributed by atoms with Crippen molar-refractivity contribution in [3.8, 4) is 5.75 Å². The molecule has 0 spiro atoms. The number of hydrogen-bond donors (Lipinski definition) is 1. The maximum absolute atomic E-state index is 6.11. The summed E-state index contributed by atoms with van der Waals surface area (Å²) in [6.07, 6.45) is 0.560. The molecule has 0 aliphatic heterocycles. The van der Waals surface area contributed by atoms with Crippen molar-refractivity contribution in [2.24, 2.45) is 11.1 Å². The number of methoxy groups -OCH3 is 1. The standard InChI is InChI=1S/C15H21N3O2/c1-15(2,3)13(16)14-17-12(18-20-14)9-10-7-5-6-8-11(10)19-4/h5-8,13H,9,16H2,1-4H3/t13-/m0/s1. The third-order valence-corrected chi connectivity index (χ3v) is 3.22. The number of benzene rings is 1. The van der Waals surface area contributed by atoms with Gasteiger partial charge in [0.15, 0.2) is 5.82 Å². The summed E-state index contributed by atoms with van der Waals surface area (Å²) in [4.78, 5) is 4.39. The van der Waals surface area contributed by atoms with E-state index in [1.165, 1.54) is 0 Å². The largest absolute Gasteiger partial charge is 0.496 e. The molecule has 0 bridgehead atoms. The Morgan fingerprint density at radius 1 is 1.30 bits per heavy atom. The molecule has 2 rings (SSSR count). The van der Waals surface area contributed by atoms with E-state index < -0.39 is 0 Å². The molecular formula is C15H21N3O2. The number of hydrogen-bond acceptors (Lipinski definition) is 5. The zero-order chi connectivity index (χ0) is 14.8. The van der Waals surface area contributed by atoms with Gasteiger partial charge in [0.2, 0.25) is 5.89 Å². The van der Waals surface area contributed by atoms with Gasteiger partial charge in [-0.25, -0.2) is 0 Å². The van der Waals surface area contributed by atoms with Crippen LogP contribution in [0.1, 0.15) is 44.1 Å². The lowest BCUT2D eigenvalue weighted by molar-refractivity contribution is 0.252. The SMILES string of the molecule is COc1ccccc1Cc1noc([C@H](N)C(C)(C)C)n1. The van der Waals surface area contributed by atoms with Crippen LogP contribution in [-0.4, -0.2) is 17.3 Å². The zero-order valence-corrected chi connectivity index (χ0v) is 12.4. The third kappa shape index (κ3) is 3.17. The molecule has 5 heteroatoms. The van der Waals surface area contributed by atoms with E-state index in [0.29, 0.717) is 18.1 Å². The molecule has 2 N–H and O–H groups in total. The quantitative estimate of drug-likeness (QED) is 0.928. The van der Waals surface area contributed by atoms with Gasteiger partial charge in [-0.05, 0) is 11.5 Å². The zero-order valence-electron chi connectivity index (χ0n) is 12.4. The highest BCUT2D eigenvalue weighted by molar-refractivity contribution is 5.35. The summed E-state index contributed by atoms with van der Waals surface area (Å²) in [7, 11) is 1.65. The molecule has 1 aromatic carbocycles. The van der Waals surface area contributed by atoms with E-state index in [2.05, 4.69) is 10.1 Å². The first kappa shape index (κ1) is 14.5. The van der Waals surface area contributed by atoms with E-state index in [4.69, 9.17) is 15.0 Å². The van der Waals surface area contributed by atoms with Crippen molar-refractivity contribution >= 4 is 0 Å². The summed E-state index contributed by atoms with van der Waals surface area (Å²) in [6.45, 7) is 6.13. The van der Waals surface area contributed by atoms with Gasteiger partial charge in [0.25, 0.3) is 0 Å². The van der Waals surface area contributed by atoms with Gasteiger partial charge in [0.05, 0.1) is 13.2 Å². The van der Waals surface area contributed by atoms with Crippen LogP contribution in [0.15, 0.2) is 28.8 Å². The van der Waals surface area contributed by atoms with Gasteiger partial charge in [-0.3, -0.25) is 0 Å². The summed E-state index contributed by atoms with van der Waals surface area (Å²) in [5.41, 5.74) is 7.02. The Labute approximate surface area is 119 Å². The summed E-state index contributed by atoms with van der Waals surface area (Å²) < 4.78 is 10.6. The molecule has 0 amide bonds. The smallest absolute Gasteiger partial charge is 0.244 e. The maximum Gasteiger partial charge on any atom is 0.244 e. The fraction of sp³-hybridized carbons (Fsp3) is 0.467. The van der Waals surface area contributed by atoms with Crippen molar-refractivity contribution in [1.82, 2.24) is 10.1 Å². The highest BCUT2D eigenvalue weighted by atomic mass is 16.5. The van der Waals surface area contributed by atoms with E-state index in [-0.39, 0.29) is 11.5 Å². The second-order valence-electron chi connectivity index (χ2n) is 5.88. The van der Waals surface area contributed by atoms with Crippen LogP contribution >= 0.6 is 0 Å². The lowest BCUT2D eigenvalue weighted by atomic mass is 9.87. The minimum atomic E-state index is -0.276. The van der Waals surface area contributed by atoms with Gasteiger partial charge < -0.3 is 15.0 Å². The second kappa shape index (κ2) is 5.63. The molecule has 2 aromatic rings. The molecular weight excluding hydrogens is 254 g/mol. The van der Waals surface area contributed by atoms with Gasteiger partial charge in [0, 0.05) is 12.0 Å². The Hall–Kier alpha value is -1.88. The maximum atomic E-state index is 6.11. The highest BCUT2D eigenvalue weighted by Gasteiger charge is 2.27. The Bertz CT molecular complexity index is 572. The number of ether oxygens (including phenoxy) is 1. The molecule has 0 aliphatic carbocycles. The first-order chi connectivity index (χ1) is 9.41. The molecule has 0 unspecified atom stereocenters. The Morgan fingerprint density at radius 3 is 2.65 bits per heavy atom. The predicted octanol–water partition coefficient (Wildman–Crippen LogP) is 2.71. The number of para-hydroxylation sites is 1. The van der Waals surface area contributed by atoms with Gasteiger partial charge in [0.1, 0.15) is 5.75 Å². The van der Waals surface area contributed by atoms with Crippen molar-refractivity contribution in [2.75, 3.05) is 7.11 Å². The topological polar surface area (TPSA) is 74.2 Å². The number of rotatable bonds is 4. The normalized spacial score (nSPS) is 13.2. The Kier molecular flexibility index (Phi) is 4.09. The average molecular weight is 275 g/mol. The molecule has 108 valence electrons. The van der Waals surface area contributed by atoms with Crippen LogP contribution in [0.3, 0.4) is 0 Å². The molecule has 1 aromatic heterocycles. The van der Waals surface area contributed by atoms with Crippen LogP contribution in [0.25, 0.3) is 0 Å². The minimum absolute atomic E-state index is 0.117. The van der Waals surface area contributed by atoms with Crippen LogP contribution in [0.2, 0.25) is 0 Å². The lowest BCUT2D eigenvalue weighted by Gasteiger charge is -2.23. The van der Waals surface area contributed by atoms with Crippen LogP contribution < -0.4 is 10.5 Å². The molecule has 20 heavy (non-hydrogen) atoms. The van der Waals surface area contributed by atoms with E-state index >= 15 is 0 Å². The number of nitrogens with zero attached hydrogens (tertiary/aromatic N) is 2. The first-order valence-electron chi connectivity index (χ1n) is 6.62. The van der Waals surface area contributed by atoms with Gasteiger partial charge in [-0.1, -0.05) is 44.1 Å². The molecule has 0 fully saturated rings. The summed E-state index contributed by atoms with van der Waals surface area (Å²) in [5.74, 6) is 1.91. The fourth-order valence-electron chi connectivity index (χ4n) is 1.86. The van der Waals surface area contributed by atoms with Crippen LogP contribution in [0.4, 0.5) is 0 Å². The minimum Gasteiger partial charge on any atom is -0.496 e. The van der Waals surface area contributed by atoms with Crippen molar-refractivity contribution in [1.29, 1.82) is 0 Å². The van der Waals surface area contributed by atoms with E-state index in [0.717, 1.165) is 11.3 Å². The third-order valence-electron chi connectivity index (χ3n) is 3.22. The van der Waals surface area contributed by atoms with Crippen molar-refractivity contribution in [3.05, 3.63) is 41.5 Å². The first-order valence-corrected chi connectivity index (χ1v) is 6.62. The monoisotopic (exact) mass is 275 g/mol. The van der Waals surface area contributed by atoms with Crippen LogP contribution in [0, 0.1) is 5.41 Å². The summed E-state index contributed by atoms with van der Waals surface area (Å²) >= 11 is 0. The van der Waals surface area contributed by atoms with Crippen LogP contribution in [-0.2, 0) is 6.42 Å². The molecule has 5 nitrogen and oxygen atoms in total. The van der Waals surface area contributed by atoms with Gasteiger partial charge >= 0.3 is 0 Å². The number of aromatic nitrogens is 2. The molecule has 0 saturated carbocycles. The molecule has 1 heterocycles.